The molecule has 0 unspecified atom stereocenters. The number of nitrogens with one attached hydrogen (secondary N) is 1. The van der Waals surface area contributed by atoms with Crippen LogP contribution in [0, 0.1) is 27.7 Å². The molecule has 1 aliphatic rings. The molecule has 0 spiro atoms. The molecule has 0 atom stereocenters. The molecule has 0 radical (unpaired) electrons. The quantitative estimate of drug-likeness (QED) is 0.788. The predicted molar refractivity (Wildman–Crippen MR) is 119 cm³/mol. The highest BCUT2D eigenvalue weighted by atomic mass is 32.2. The minimum atomic E-state index is -3.57. The first kappa shape index (κ1) is 22.0. The van der Waals surface area contributed by atoms with Crippen LogP contribution in [0.4, 0.5) is 0 Å². The predicted octanol–water partition coefficient (Wildman–Crippen LogP) is 3.15. The summed E-state index contributed by atoms with van der Waals surface area (Å²) in [5.74, 6) is 0. The van der Waals surface area contributed by atoms with Crippen LogP contribution in [0.3, 0.4) is 0 Å². The number of hydrogen-bond donors (Lipinski definition) is 1. The van der Waals surface area contributed by atoms with Gasteiger partial charge in [0.2, 0.25) is 10.0 Å². The van der Waals surface area contributed by atoms with Gasteiger partial charge in [0.15, 0.2) is 0 Å². The van der Waals surface area contributed by atoms with Crippen molar-refractivity contribution in [1.29, 1.82) is 0 Å². The summed E-state index contributed by atoms with van der Waals surface area (Å²) in [4.78, 5) is 5.23. The van der Waals surface area contributed by atoms with Crippen LogP contribution in [0.5, 0.6) is 0 Å². The fraction of sp³-hybridized carbons (Fsp3) is 0.478. The molecule has 0 aromatic heterocycles. The van der Waals surface area contributed by atoms with Crippen LogP contribution in [0.1, 0.15) is 33.4 Å². The molecule has 1 fully saturated rings. The Morgan fingerprint density at radius 1 is 0.862 bits per heavy atom. The van der Waals surface area contributed by atoms with Crippen molar-refractivity contribution in [3.63, 3.8) is 0 Å². The summed E-state index contributed by atoms with van der Waals surface area (Å²) in [5, 5.41) is 0. The summed E-state index contributed by atoms with van der Waals surface area (Å²) < 4.78 is 28.8. The fourth-order valence-electron chi connectivity index (χ4n) is 3.86. The van der Waals surface area contributed by atoms with E-state index < -0.39 is 10.0 Å². The number of aryl methyl sites for hydroxylation is 2. The van der Waals surface area contributed by atoms with Crippen molar-refractivity contribution in [3.05, 3.63) is 63.7 Å². The molecule has 2 aromatic rings. The van der Waals surface area contributed by atoms with E-state index in [0.29, 0.717) is 11.4 Å². The average molecular weight is 416 g/mol. The first-order valence-corrected chi connectivity index (χ1v) is 11.7. The van der Waals surface area contributed by atoms with E-state index in [9.17, 15) is 8.42 Å². The molecule has 3 rings (SSSR count). The Morgan fingerprint density at radius 2 is 1.38 bits per heavy atom. The Kier molecular flexibility index (Phi) is 6.79. The summed E-state index contributed by atoms with van der Waals surface area (Å²) in [7, 11) is -1.40. The summed E-state index contributed by atoms with van der Waals surface area (Å²) in [5.41, 5.74) is 5.88. The highest BCUT2D eigenvalue weighted by Gasteiger charge is 2.22. The lowest BCUT2D eigenvalue weighted by Gasteiger charge is -2.32. The van der Waals surface area contributed by atoms with Crippen molar-refractivity contribution in [2.45, 2.75) is 45.7 Å². The number of sulfonamides is 1. The fourth-order valence-corrected chi connectivity index (χ4v) is 5.49. The van der Waals surface area contributed by atoms with Crippen molar-refractivity contribution in [2.24, 2.45) is 0 Å². The van der Waals surface area contributed by atoms with Crippen molar-refractivity contribution in [2.75, 3.05) is 33.2 Å². The topological polar surface area (TPSA) is 52.7 Å². The van der Waals surface area contributed by atoms with Crippen molar-refractivity contribution in [3.8, 4) is 0 Å². The SMILES string of the molecule is Cc1cc(C)c(C)c(S(=O)(=O)NCc2ccc(CN3CCN(C)CC3)cc2)c1C. The standard InChI is InChI=1S/C23H33N3O2S/c1-17-14-18(2)20(4)23(19(17)3)29(27,28)24-15-21-6-8-22(9-7-21)16-26-12-10-25(5)11-13-26/h6-9,14,24H,10-13,15-16H2,1-5H3. The lowest BCUT2D eigenvalue weighted by Crippen LogP contribution is -2.43. The zero-order chi connectivity index (χ0) is 21.2. The van der Waals surface area contributed by atoms with Gasteiger partial charge in [-0.25, -0.2) is 13.1 Å². The second kappa shape index (κ2) is 8.96. The summed E-state index contributed by atoms with van der Waals surface area (Å²) >= 11 is 0. The minimum Gasteiger partial charge on any atom is -0.304 e. The highest BCUT2D eigenvalue weighted by molar-refractivity contribution is 7.89. The highest BCUT2D eigenvalue weighted by Crippen LogP contribution is 2.26. The maximum atomic E-state index is 13.0. The number of nitrogens with zero attached hydrogens (tertiary/aromatic N) is 2. The van der Waals surface area contributed by atoms with Gasteiger partial charge in [-0.15, -0.1) is 0 Å². The van der Waals surface area contributed by atoms with E-state index >= 15 is 0 Å². The Bertz CT molecular complexity index is 934. The normalized spacial score (nSPS) is 16.3. The van der Waals surface area contributed by atoms with Crippen LogP contribution < -0.4 is 4.72 Å². The molecule has 1 N–H and O–H groups in total. The molecular formula is C23H33N3O2S. The molecule has 158 valence electrons. The van der Waals surface area contributed by atoms with Gasteiger partial charge in [-0.2, -0.15) is 0 Å². The van der Waals surface area contributed by atoms with Gasteiger partial charge in [0.25, 0.3) is 0 Å². The molecule has 2 aromatic carbocycles. The average Bonchev–Trinajstić information content (AvgIpc) is 2.68. The van der Waals surface area contributed by atoms with Crippen LogP contribution in [-0.2, 0) is 23.1 Å². The molecule has 0 bridgehead atoms. The molecule has 1 heterocycles. The van der Waals surface area contributed by atoms with Gasteiger partial charge in [0, 0.05) is 39.3 Å². The second-order valence-corrected chi connectivity index (χ2v) is 10.0. The maximum Gasteiger partial charge on any atom is 0.241 e. The summed E-state index contributed by atoms with van der Waals surface area (Å²) in [6, 6.07) is 10.3. The first-order chi connectivity index (χ1) is 13.7. The lowest BCUT2D eigenvalue weighted by atomic mass is 10.0. The van der Waals surface area contributed by atoms with E-state index in [1.165, 1.54) is 5.56 Å². The van der Waals surface area contributed by atoms with E-state index in [0.717, 1.165) is 60.5 Å². The molecule has 0 saturated carbocycles. The van der Waals surface area contributed by atoms with Crippen LogP contribution in [0.2, 0.25) is 0 Å². The van der Waals surface area contributed by atoms with Crippen molar-refractivity contribution < 1.29 is 8.42 Å². The summed E-state index contributed by atoms with van der Waals surface area (Å²) in [6.45, 7) is 13.3. The molecule has 1 aliphatic heterocycles. The molecule has 6 heteroatoms. The monoisotopic (exact) mass is 415 g/mol. The maximum absolute atomic E-state index is 13.0. The van der Waals surface area contributed by atoms with Crippen LogP contribution >= 0.6 is 0 Å². The zero-order valence-electron chi connectivity index (χ0n) is 18.2. The molecule has 1 saturated heterocycles. The van der Waals surface area contributed by atoms with Crippen LogP contribution in [0.25, 0.3) is 0 Å². The third-order valence-electron chi connectivity index (χ3n) is 6.06. The minimum absolute atomic E-state index is 0.295. The van der Waals surface area contributed by atoms with Gasteiger partial charge in [-0.3, -0.25) is 4.90 Å². The lowest BCUT2D eigenvalue weighted by molar-refractivity contribution is 0.148. The number of rotatable bonds is 6. The van der Waals surface area contributed by atoms with E-state index in [4.69, 9.17) is 0 Å². The van der Waals surface area contributed by atoms with Crippen LogP contribution in [0.15, 0.2) is 35.2 Å². The number of hydrogen-bond acceptors (Lipinski definition) is 4. The van der Waals surface area contributed by atoms with Gasteiger partial charge in [0.05, 0.1) is 4.90 Å². The third kappa shape index (κ3) is 5.25. The Balaban J connectivity index is 1.65. The Morgan fingerprint density at radius 3 is 1.93 bits per heavy atom. The Hall–Kier alpha value is -1.73. The number of benzene rings is 2. The van der Waals surface area contributed by atoms with Gasteiger partial charge >= 0.3 is 0 Å². The van der Waals surface area contributed by atoms with Crippen LogP contribution in [-0.4, -0.2) is 51.4 Å². The first-order valence-electron chi connectivity index (χ1n) is 10.2. The zero-order valence-corrected chi connectivity index (χ0v) is 19.1. The molecular weight excluding hydrogens is 382 g/mol. The molecule has 0 aliphatic carbocycles. The molecule has 0 amide bonds. The third-order valence-corrected chi connectivity index (χ3v) is 7.73. The molecule has 5 nitrogen and oxygen atoms in total. The van der Waals surface area contributed by atoms with E-state index in [-0.39, 0.29) is 0 Å². The molecule has 29 heavy (non-hydrogen) atoms. The van der Waals surface area contributed by atoms with Crippen molar-refractivity contribution in [1.82, 2.24) is 14.5 Å². The summed E-state index contributed by atoms with van der Waals surface area (Å²) in [6.07, 6.45) is 0. The van der Waals surface area contributed by atoms with E-state index in [1.54, 1.807) is 0 Å². The van der Waals surface area contributed by atoms with Gasteiger partial charge in [-0.05, 0) is 68.1 Å². The largest absolute Gasteiger partial charge is 0.304 e. The Labute approximate surface area is 175 Å². The van der Waals surface area contributed by atoms with Gasteiger partial charge < -0.3 is 4.90 Å². The second-order valence-electron chi connectivity index (χ2n) is 8.31. The van der Waals surface area contributed by atoms with Crippen molar-refractivity contribution >= 4 is 10.0 Å². The number of piperazine rings is 1. The number of likely N-dealkylation sites (N-methyl/N-ethyl adjacent to an activating group) is 1. The van der Waals surface area contributed by atoms with E-state index in [2.05, 4.69) is 33.7 Å². The van der Waals surface area contributed by atoms with E-state index in [1.807, 2.05) is 45.9 Å². The van der Waals surface area contributed by atoms with Gasteiger partial charge in [0.1, 0.15) is 0 Å². The smallest absolute Gasteiger partial charge is 0.241 e. The van der Waals surface area contributed by atoms with Gasteiger partial charge in [-0.1, -0.05) is 30.3 Å².